The molecule has 0 saturated carbocycles. The summed E-state index contributed by atoms with van der Waals surface area (Å²) in [5.41, 5.74) is 0.108. The van der Waals surface area contributed by atoms with Crippen molar-refractivity contribution >= 4 is 75.9 Å². The number of benzene rings is 1. The smallest absolute Gasteiger partial charge is 0.424 e. The first kappa shape index (κ1) is 24.3. The van der Waals surface area contributed by atoms with Gasteiger partial charge in [0.2, 0.25) is 4.33 Å². The highest BCUT2D eigenvalue weighted by molar-refractivity contribution is 8.00. The van der Waals surface area contributed by atoms with E-state index < -0.39 is 33.6 Å². The summed E-state index contributed by atoms with van der Waals surface area (Å²) in [6, 6.07) is 3.14. The Hall–Kier alpha value is -0.740. The number of alkyl halides is 5. The molecule has 2 amide bonds. The summed E-state index contributed by atoms with van der Waals surface area (Å²) in [5.74, 6) is -1.33. The van der Waals surface area contributed by atoms with E-state index in [9.17, 15) is 22.8 Å². The van der Waals surface area contributed by atoms with Crippen LogP contribution in [0.1, 0.15) is 0 Å². The standard InChI is InChI=1S/C14H13Cl4F3N2O3S/c1-23(12(25)22-9-4-3-7(15)5-8(9)16)11(27-6-10(24)26-2)13(17,18)14(19,20)21/h3-5,11H,6H2,1-2H3,(H,22,25). The number of ether oxygens (including phenoxy) is 1. The Morgan fingerprint density at radius 1 is 1.30 bits per heavy atom. The molecule has 0 aliphatic rings. The molecule has 5 nitrogen and oxygen atoms in total. The first-order chi connectivity index (χ1) is 12.3. The van der Waals surface area contributed by atoms with Crippen molar-refractivity contribution in [1.82, 2.24) is 4.90 Å². The Kier molecular flexibility index (Phi) is 8.68. The lowest BCUT2D eigenvalue weighted by Crippen LogP contribution is -2.54. The Labute approximate surface area is 177 Å². The molecule has 1 aromatic rings. The molecule has 0 heterocycles. The van der Waals surface area contributed by atoms with E-state index in [0.29, 0.717) is 21.7 Å². The number of nitrogens with one attached hydrogen (secondary N) is 1. The van der Waals surface area contributed by atoms with Crippen LogP contribution in [0.15, 0.2) is 18.2 Å². The van der Waals surface area contributed by atoms with Crippen molar-refractivity contribution in [2.75, 3.05) is 25.2 Å². The van der Waals surface area contributed by atoms with Gasteiger partial charge in [-0.15, -0.1) is 11.8 Å². The largest absolute Gasteiger partial charge is 0.468 e. The predicted octanol–water partition coefficient (Wildman–Crippen LogP) is 5.43. The molecule has 1 N–H and O–H groups in total. The van der Waals surface area contributed by atoms with E-state index in [1.54, 1.807) is 0 Å². The summed E-state index contributed by atoms with van der Waals surface area (Å²) < 4.78 is 40.8. The maximum atomic E-state index is 13.3. The Bertz CT molecular complexity index is 707. The molecule has 0 saturated heterocycles. The molecule has 1 rings (SSSR count). The van der Waals surface area contributed by atoms with Gasteiger partial charge in [0.15, 0.2) is 0 Å². The maximum Gasteiger partial charge on any atom is 0.424 e. The van der Waals surface area contributed by atoms with Gasteiger partial charge in [0, 0.05) is 12.1 Å². The van der Waals surface area contributed by atoms with Crippen LogP contribution in [0.25, 0.3) is 0 Å². The van der Waals surface area contributed by atoms with Crippen LogP contribution >= 0.6 is 58.2 Å². The van der Waals surface area contributed by atoms with Crippen molar-refractivity contribution in [3.05, 3.63) is 28.2 Å². The number of hydrogen-bond acceptors (Lipinski definition) is 4. The summed E-state index contributed by atoms with van der Waals surface area (Å²) >= 11 is 23.1. The fraction of sp³-hybridized carbons (Fsp3) is 0.429. The number of amides is 2. The lowest BCUT2D eigenvalue weighted by molar-refractivity contribution is -0.146. The third-order valence-corrected chi connectivity index (χ3v) is 6.16. The van der Waals surface area contributed by atoms with Crippen LogP contribution in [0.4, 0.5) is 23.7 Å². The summed E-state index contributed by atoms with van der Waals surface area (Å²) in [5, 5.41) is 0.828. The molecule has 0 aliphatic carbocycles. The molecule has 0 radical (unpaired) electrons. The van der Waals surface area contributed by atoms with Crippen molar-refractivity contribution in [2.24, 2.45) is 0 Å². The number of thioether (sulfide) groups is 1. The summed E-state index contributed by atoms with van der Waals surface area (Å²) in [6.45, 7) is 0. The average Bonchev–Trinajstić information content (AvgIpc) is 2.55. The van der Waals surface area contributed by atoms with E-state index in [4.69, 9.17) is 46.4 Å². The number of halogens is 7. The van der Waals surface area contributed by atoms with E-state index in [-0.39, 0.29) is 10.7 Å². The summed E-state index contributed by atoms with van der Waals surface area (Å²) in [7, 11) is 2.11. The highest BCUT2D eigenvalue weighted by Crippen LogP contribution is 2.47. The van der Waals surface area contributed by atoms with Crippen molar-refractivity contribution in [2.45, 2.75) is 15.9 Å². The van der Waals surface area contributed by atoms with Gasteiger partial charge in [0.05, 0.1) is 23.6 Å². The molecule has 1 aromatic carbocycles. The minimum atomic E-state index is -5.09. The minimum absolute atomic E-state index is 0.0712. The van der Waals surface area contributed by atoms with Crippen LogP contribution in [-0.4, -0.2) is 52.7 Å². The quantitative estimate of drug-likeness (QED) is 0.330. The van der Waals surface area contributed by atoms with Gasteiger partial charge in [0.1, 0.15) is 5.37 Å². The molecule has 13 heteroatoms. The zero-order chi connectivity index (χ0) is 21.0. The van der Waals surface area contributed by atoms with Crippen LogP contribution in [0.3, 0.4) is 0 Å². The van der Waals surface area contributed by atoms with Gasteiger partial charge in [-0.25, -0.2) is 4.79 Å². The zero-order valence-electron chi connectivity index (χ0n) is 13.7. The monoisotopic (exact) mass is 486 g/mol. The second-order valence-electron chi connectivity index (χ2n) is 5.03. The number of esters is 1. The van der Waals surface area contributed by atoms with E-state index in [0.717, 1.165) is 14.2 Å². The van der Waals surface area contributed by atoms with Gasteiger partial charge in [-0.2, -0.15) is 13.2 Å². The molecule has 0 bridgehead atoms. The molecule has 0 aliphatic heterocycles. The third-order valence-electron chi connectivity index (χ3n) is 3.12. The number of methoxy groups -OCH3 is 1. The minimum Gasteiger partial charge on any atom is -0.468 e. The highest BCUT2D eigenvalue weighted by atomic mass is 35.5. The molecule has 0 fully saturated rings. The predicted molar refractivity (Wildman–Crippen MR) is 102 cm³/mol. The lowest BCUT2D eigenvalue weighted by atomic mass is 10.3. The SMILES string of the molecule is COC(=O)CSC(N(C)C(=O)Nc1ccc(Cl)cc1Cl)C(Cl)(Cl)C(F)(F)F. The van der Waals surface area contributed by atoms with Gasteiger partial charge < -0.3 is 15.0 Å². The third kappa shape index (κ3) is 6.39. The topological polar surface area (TPSA) is 58.6 Å². The van der Waals surface area contributed by atoms with Gasteiger partial charge in [-0.3, -0.25) is 4.79 Å². The molecule has 27 heavy (non-hydrogen) atoms. The van der Waals surface area contributed by atoms with Crippen LogP contribution in [0.5, 0.6) is 0 Å². The van der Waals surface area contributed by atoms with Crippen LogP contribution < -0.4 is 5.32 Å². The second-order valence-corrected chi connectivity index (χ2v) is 8.32. The number of urea groups is 1. The van der Waals surface area contributed by atoms with Crippen molar-refractivity contribution < 1.29 is 27.5 Å². The molecule has 152 valence electrons. The fourth-order valence-corrected chi connectivity index (χ4v) is 3.91. The van der Waals surface area contributed by atoms with Crippen LogP contribution in [0, 0.1) is 0 Å². The molecule has 0 spiro atoms. The average molecular weight is 488 g/mol. The van der Waals surface area contributed by atoms with Crippen LogP contribution in [-0.2, 0) is 9.53 Å². The second kappa shape index (κ2) is 9.65. The van der Waals surface area contributed by atoms with Crippen LogP contribution in [0.2, 0.25) is 10.0 Å². The number of hydrogen-bond donors (Lipinski definition) is 1. The van der Waals surface area contributed by atoms with Crippen molar-refractivity contribution in [3.63, 3.8) is 0 Å². The molecule has 0 aromatic heterocycles. The molecular weight excluding hydrogens is 475 g/mol. The lowest BCUT2D eigenvalue weighted by Gasteiger charge is -2.37. The summed E-state index contributed by atoms with van der Waals surface area (Å²) in [6.07, 6.45) is -5.09. The maximum absolute atomic E-state index is 13.3. The van der Waals surface area contributed by atoms with E-state index in [1.165, 1.54) is 18.2 Å². The number of rotatable bonds is 6. The first-order valence-electron chi connectivity index (χ1n) is 6.93. The number of carbonyl (C=O) groups is 2. The number of nitrogens with zero attached hydrogens (tertiary/aromatic N) is 1. The Morgan fingerprint density at radius 2 is 1.89 bits per heavy atom. The number of carbonyl (C=O) groups excluding carboxylic acids is 2. The van der Waals surface area contributed by atoms with Gasteiger partial charge in [-0.1, -0.05) is 46.4 Å². The van der Waals surface area contributed by atoms with E-state index >= 15 is 0 Å². The highest BCUT2D eigenvalue weighted by Gasteiger charge is 2.60. The number of anilines is 1. The van der Waals surface area contributed by atoms with Gasteiger partial charge >= 0.3 is 18.2 Å². The Morgan fingerprint density at radius 3 is 2.37 bits per heavy atom. The zero-order valence-corrected chi connectivity index (χ0v) is 17.6. The molecule has 1 atom stereocenters. The summed E-state index contributed by atoms with van der Waals surface area (Å²) in [4.78, 5) is 24.3. The first-order valence-corrected chi connectivity index (χ1v) is 9.49. The normalized spacial score (nSPS) is 13.1. The Balaban J connectivity index is 3.08. The van der Waals surface area contributed by atoms with E-state index in [1.807, 2.05) is 0 Å². The van der Waals surface area contributed by atoms with Gasteiger partial charge in [0.25, 0.3) is 0 Å². The van der Waals surface area contributed by atoms with E-state index in [2.05, 4.69) is 10.1 Å². The van der Waals surface area contributed by atoms with Crippen molar-refractivity contribution in [3.8, 4) is 0 Å². The van der Waals surface area contributed by atoms with Gasteiger partial charge in [-0.05, 0) is 18.2 Å². The fourth-order valence-electron chi connectivity index (χ4n) is 1.71. The molecular formula is C14H13Cl4F3N2O3S. The van der Waals surface area contributed by atoms with Crippen molar-refractivity contribution in [1.29, 1.82) is 0 Å². The molecule has 1 unspecified atom stereocenters.